The van der Waals surface area contributed by atoms with Crippen LogP contribution < -0.4 is 5.32 Å². The van der Waals surface area contributed by atoms with Crippen molar-refractivity contribution in [3.8, 4) is 0 Å². The molecule has 0 atom stereocenters. The highest BCUT2D eigenvalue weighted by atomic mass is 35.5. The van der Waals surface area contributed by atoms with Gasteiger partial charge in [0.05, 0.1) is 28.7 Å². The van der Waals surface area contributed by atoms with E-state index >= 15 is 0 Å². The number of anilines is 1. The summed E-state index contributed by atoms with van der Waals surface area (Å²) in [6.07, 6.45) is 4.15. The van der Waals surface area contributed by atoms with Crippen LogP contribution in [-0.4, -0.2) is 52.8 Å². The number of hydrogen-bond donors (Lipinski definition) is 1. The normalized spacial score (nSPS) is 18.2. The van der Waals surface area contributed by atoms with Gasteiger partial charge >= 0.3 is 0 Å². The fourth-order valence-electron chi connectivity index (χ4n) is 3.77. The van der Waals surface area contributed by atoms with Crippen molar-refractivity contribution in [2.75, 3.05) is 31.6 Å². The van der Waals surface area contributed by atoms with Crippen LogP contribution in [0.4, 0.5) is 5.82 Å². The fourth-order valence-corrected chi connectivity index (χ4v) is 4.07. The summed E-state index contributed by atoms with van der Waals surface area (Å²) in [5, 5.41) is 8.15. The van der Waals surface area contributed by atoms with E-state index in [1.54, 1.807) is 34.0 Å². The molecule has 0 radical (unpaired) electrons. The second-order valence-corrected chi connectivity index (χ2v) is 8.22. The molecule has 2 aromatic rings. The molecule has 2 fully saturated rings. The van der Waals surface area contributed by atoms with Gasteiger partial charge in [-0.3, -0.25) is 14.3 Å². The highest BCUT2D eigenvalue weighted by molar-refractivity contribution is 6.42. The van der Waals surface area contributed by atoms with Gasteiger partial charge < -0.3 is 15.0 Å². The number of hydrogen-bond acceptors (Lipinski definition) is 4. The molecule has 0 unspecified atom stereocenters. The molecule has 1 aliphatic carbocycles. The molecular formula is C20H22Cl2N4O3. The predicted octanol–water partition coefficient (Wildman–Crippen LogP) is 3.11. The second kappa shape index (κ2) is 8.34. The summed E-state index contributed by atoms with van der Waals surface area (Å²) in [5.74, 6) is 0.295. The van der Waals surface area contributed by atoms with Crippen molar-refractivity contribution >= 4 is 40.8 Å². The summed E-state index contributed by atoms with van der Waals surface area (Å²) < 4.78 is 6.81. The lowest BCUT2D eigenvalue weighted by molar-refractivity contribution is -0.136. The van der Waals surface area contributed by atoms with E-state index in [1.165, 1.54) is 0 Å². The van der Waals surface area contributed by atoms with Gasteiger partial charge in [-0.25, -0.2) is 0 Å². The first-order valence-electron chi connectivity index (χ1n) is 9.64. The minimum Gasteiger partial charge on any atom is -0.378 e. The molecule has 1 N–H and O–H groups in total. The number of amides is 2. The molecule has 154 valence electrons. The summed E-state index contributed by atoms with van der Waals surface area (Å²) in [6, 6.07) is 7.04. The molecule has 2 amide bonds. The van der Waals surface area contributed by atoms with Crippen molar-refractivity contribution in [1.82, 2.24) is 14.7 Å². The molecule has 1 saturated heterocycles. The molecule has 0 spiro atoms. The Balaban J connectivity index is 1.43. The van der Waals surface area contributed by atoms with Crippen LogP contribution in [0.1, 0.15) is 24.8 Å². The van der Waals surface area contributed by atoms with Gasteiger partial charge in [-0.1, -0.05) is 35.7 Å². The van der Waals surface area contributed by atoms with Crippen LogP contribution in [0.3, 0.4) is 0 Å². The molecule has 2 heterocycles. The van der Waals surface area contributed by atoms with Crippen molar-refractivity contribution in [3.05, 3.63) is 46.1 Å². The Morgan fingerprint density at radius 3 is 2.55 bits per heavy atom. The van der Waals surface area contributed by atoms with Gasteiger partial charge in [-0.05, 0) is 30.5 Å². The zero-order valence-corrected chi connectivity index (χ0v) is 17.4. The first-order valence-corrected chi connectivity index (χ1v) is 10.4. The highest BCUT2D eigenvalue weighted by Crippen LogP contribution is 2.45. The van der Waals surface area contributed by atoms with Gasteiger partial charge in [0.25, 0.3) is 0 Å². The van der Waals surface area contributed by atoms with Crippen LogP contribution in [0.5, 0.6) is 0 Å². The third kappa shape index (κ3) is 4.13. The largest absolute Gasteiger partial charge is 0.378 e. The van der Waals surface area contributed by atoms with E-state index < -0.39 is 5.41 Å². The fraction of sp³-hybridized carbons (Fsp3) is 0.450. The van der Waals surface area contributed by atoms with E-state index in [4.69, 9.17) is 27.9 Å². The summed E-state index contributed by atoms with van der Waals surface area (Å²) >= 11 is 12.2. The first kappa shape index (κ1) is 20.2. The van der Waals surface area contributed by atoms with E-state index in [1.807, 2.05) is 6.07 Å². The van der Waals surface area contributed by atoms with Gasteiger partial charge in [0.15, 0.2) is 5.82 Å². The minimum atomic E-state index is -0.623. The number of rotatable bonds is 5. The first-order chi connectivity index (χ1) is 14.0. The van der Waals surface area contributed by atoms with Gasteiger partial charge in [0, 0.05) is 25.4 Å². The molecular weight excluding hydrogens is 415 g/mol. The van der Waals surface area contributed by atoms with Crippen molar-refractivity contribution < 1.29 is 14.3 Å². The van der Waals surface area contributed by atoms with Crippen LogP contribution >= 0.6 is 23.2 Å². The number of nitrogens with zero attached hydrogens (tertiary/aromatic N) is 3. The van der Waals surface area contributed by atoms with E-state index in [0.29, 0.717) is 42.2 Å². The van der Waals surface area contributed by atoms with Crippen molar-refractivity contribution in [2.24, 2.45) is 0 Å². The Labute approximate surface area is 178 Å². The molecule has 29 heavy (non-hydrogen) atoms. The van der Waals surface area contributed by atoms with Crippen LogP contribution in [0.2, 0.25) is 10.0 Å². The maximum atomic E-state index is 13.1. The van der Waals surface area contributed by atoms with Crippen molar-refractivity contribution in [3.63, 3.8) is 0 Å². The second-order valence-electron chi connectivity index (χ2n) is 7.41. The van der Waals surface area contributed by atoms with Crippen LogP contribution in [0, 0.1) is 0 Å². The third-order valence-electron chi connectivity index (χ3n) is 5.66. The van der Waals surface area contributed by atoms with Crippen LogP contribution in [0.15, 0.2) is 30.5 Å². The maximum Gasteiger partial charge on any atom is 0.244 e. The lowest BCUT2D eigenvalue weighted by atomic mass is 9.64. The monoisotopic (exact) mass is 436 g/mol. The molecule has 0 bridgehead atoms. The SMILES string of the molecule is O=C(Cn1ccc(NC(=O)C2(c3ccc(Cl)c(Cl)c3)CCC2)n1)N1CCOCC1. The molecule has 1 aromatic heterocycles. The Morgan fingerprint density at radius 1 is 1.14 bits per heavy atom. The Bertz CT molecular complexity index is 920. The van der Waals surface area contributed by atoms with E-state index in [2.05, 4.69) is 10.4 Å². The van der Waals surface area contributed by atoms with Gasteiger partial charge in [0.2, 0.25) is 11.8 Å². The van der Waals surface area contributed by atoms with Crippen LogP contribution in [0.25, 0.3) is 0 Å². The lowest BCUT2D eigenvalue weighted by Gasteiger charge is -2.40. The zero-order valence-electron chi connectivity index (χ0n) is 15.9. The van der Waals surface area contributed by atoms with Gasteiger partial charge in [0.1, 0.15) is 6.54 Å². The predicted molar refractivity (Wildman–Crippen MR) is 110 cm³/mol. The zero-order chi connectivity index (χ0) is 20.4. The number of benzene rings is 1. The van der Waals surface area contributed by atoms with Crippen molar-refractivity contribution in [2.45, 2.75) is 31.2 Å². The minimum absolute atomic E-state index is 0.0134. The number of morpholine rings is 1. The number of aromatic nitrogens is 2. The Morgan fingerprint density at radius 2 is 1.90 bits per heavy atom. The smallest absolute Gasteiger partial charge is 0.244 e. The van der Waals surface area contributed by atoms with Crippen LogP contribution in [-0.2, 0) is 26.3 Å². The molecule has 1 aliphatic heterocycles. The molecule has 2 aliphatic rings. The Hall–Kier alpha value is -2.09. The summed E-state index contributed by atoms with van der Waals surface area (Å²) in [7, 11) is 0. The van der Waals surface area contributed by atoms with Gasteiger partial charge in [-0.2, -0.15) is 5.10 Å². The van der Waals surface area contributed by atoms with E-state index in [0.717, 1.165) is 24.8 Å². The lowest BCUT2D eigenvalue weighted by Crippen LogP contribution is -2.46. The van der Waals surface area contributed by atoms with Gasteiger partial charge in [-0.15, -0.1) is 0 Å². The quantitative estimate of drug-likeness (QED) is 0.780. The standard InChI is InChI=1S/C20H22Cl2N4O3/c21-15-3-2-14(12-16(15)22)20(5-1-6-20)19(28)23-17-4-7-26(24-17)13-18(27)25-8-10-29-11-9-25/h2-4,7,12H,1,5-6,8-11,13H2,(H,23,24,28). The highest BCUT2D eigenvalue weighted by Gasteiger charge is 2.46. The molecule has 1 saturated carbocycles. The van der Waals surface area contributed by atoms with E-state index in [9.17, 15) is 9.59 Å². The molecule has 9 heteroatoms. The topological polar surface area (TPSA) is 76.5 Å². The summed E-state index contributed by atoms with van der Waals surface area (Å²) in [6.45, 7) is 2.44. The Kier molecular flexibility index (Phi) is 5.81. The number of halogens is 2. The van der Waals surface area contributed by atoms with E-state index in [-0.39, 0.29) is 18.4 Å². The number of carbonyl (C=O) groups is 2. The number of ether oxygens (including phenoxy) is 1. The average molecular weight is 437 g/mol. The maximum absolute atomic E-state index is 13.1. The molecule has 1 aromatic carbocycles. The third-order valence-corrected chi connectivity index (χ3v) is 6.40. The van der Waals surface area contributed by atoms with Crippen molar-refractivity contribution in [1.29, 1.82) is 0 Å². The number of nitrogens with one attached hydrogen (secondary N) is 1. The molecule has 7 nitrogen and oxygen atoms in total. The average Bonchev–Trinajstić information content (AvgIpc) is 3.11. The molecule has 4 rings (SSSR count). The summed E-state index contributed by atoms with van der Waals surface area (Å²) in [4.78, 5) is 27.2. The number of carbonyl (C=O) groups excluding carboxylic acids is 2. The summed E-state index contributed by atoms with van der Waals surface area (Å²) in [5.41, 5.74) is 0.235.